The van der Waals surface area contributed by atoms with Gasteiger partial charge >= 0.3 is 0 Å². The minimum atomic E-state index is -0.0480. The number of furan rings is 1. The molecule has 2 aromatic rings. The first kappa shape index (κ1) is 18.4. The van der Waals surface area contributed by atoms with Gasteiger partial charge in [0.25, 0.3) is 5.91 Å². The Morgan fingerprint density at radius 2 is 2.00 bits per heavy atom. The summed E-state index contributed by atoms with van der Waals surface area (Å²) >= 11 is 0. The van der Waals surface area contributed by atoms with E-state index in [0.29, 0.717) is 18.8 Å². The Labute approximate surface area is 165 Å². The van der Waals surface area contributed by atoms with E-state index in [1.54, 1.807) is 19.2 Å². The second-order valence-corrected chi connectivity index (χ2v) is 7.02. The fourth-order valence-corrected chi connectivity index (χ4v) is 3.72. The third kappa shape index (κ3) is 3.98. The van der Waals surface area contributed by atoms with Crippen molar-refractivity contribution in [3.8, 4) is 5.75 Å². The summed E-state index contributed by atoms with van der Waals surface area (Å²) in [6, 6.07) is 9.89. The van der Waals surface area contributed by atoms with Crippen LogP contribution in [0.2, 0.25) is 0 Å². The molecule has 148 valence electrons. The molecule has 1 aromatic carbocycles. The third-order valence-corrected chi connectivity index (χ3v) is 5.26. The zero-order chi connectivity index (χ0) is 19.3. The summed E-state index contributed by atoms with van der Waals surface area (Å²) in [7, 11) is 1.80. The third-order valence-electron chi connectivity index (χ3n) is 5.26. The van der Waals surface area contributed by atoms with Crippen LogP contribution in [0, 0.1) is 0 Å². The van der Waals surface area contributed by atoms with E-state index in [0.717, 1.165) is 50.8 Å². The lowest BCUT2D eigenvalue weighted by Gasteiger charge is -2.36. The number of hydrogen-bond donors (Lipinski definition) is 1. The first-order valence-electron chi connectivity index (χ1n) is 9.77. The Kier molecular flexibility index (Phi) is 5.50. The van der Waals surface area contributed by atoms with Gasteiger partial charge in [0.2, 0.25) is 0 Å². The predicted molar refractivity (Wildman–Crippen MR) is 107 cm³/mol. The van der Waals surface area contributed by atoms with Gasteiger partial charge in [0.05, 0.1) is 12.9 Å². The van der Waals surface area contributed by atoms with Crippen molar-refractivity contribution in [3.05, 3.63) is 53.5 Å². The number of carbonyl (C=O) groups excluding carboxylic acids is 1. The molecule has 1 fully saturated rings. The van der Waals surface area contributed by atoms with Crippen molar-refractivity contribution in [1.29, 1.82) is 0 Å². The quantitative estimate of drug-likeness (QED) is 0.645. The SMILES string of the molecule is CN=C(NCCc1ccc2c(c1)CCO2)N1CCN(C(=O)c2ccco2)CC1. The van der Waals surface area contributed by atoms with Crippen LogP contribution in [0.1, 0.15) is 21.7 Å². The van der Waals surface area contributed by atoms with Crippen LogP contribution < -0.4 is 10.1 Å². The molecule has 1 N–H and O–H groups in total. The normalized spacial score (nSPS) is 16.7. The van der Waals surface area contributed by atoms with E-state index in [4.69, 9.17) is 9.15 Å². The lowest BCUT2D eigenvalue weighted by molar-refractivity contribution is 0.0658. The number of guanidine groups is 1. The molecule has 1 aromatic heterocycles. The van der Waals surface area contributed by atoms with Gasteiger partial charge in [-0.05, 0) is 35.7 Å². The van der Waals surface area contributed by atoms with E-state index in [1.165, 1.54) is 17.4 Å². The van der Waals surface area contributed by atoms with E-state index in [9.17, 15) is 4.79 Å². The molecule has 3 heterocycles. The second kappa shape index (κ2) is 8.37. The number of carbonyl (C=O) groups is 1. The van der Waals surface area contributed by atoms with Gasteiger partial charge < -0.3 is 24.3 Å². The first-order valence-corrected chi connectivity index (χ1v) is 9.77. The summed E-state index contributed by atoms with van der Waals surface area (Å²) in [4.78, 5) is 20.8. The van der Waals surface area contributed by atoms with Crippen molar-refractivity contribution in [2.75, 3.05) is 46.4 Å². The maximum absolute atomic E-state index is 12.4. The number of amides is 1. The number of aliphatic imine (C=N–C) groups is 1. The van der Waals surface area contributed by atoms with Gasteiger partial charge in [-0.3, -0.25) is 9.79 Å². The summed E-state index contributed by atoms with van der Waals surface area (Å²) in [6.45, 7) is 4.43. The highest BCUT2D eigenvalue weighted by Crippen LogP contribution is 2.25. The molecule has 2 aliphatic heterocycles. The smallest absolute Gasteiger partial charge is 0.289 e. The molecule has 0 unspecified atom stereocenters. The van der Waals surface area contributed by atoms with Crippen LogP contribution in [0.25, 0.3) is 0 Å². The number of rotatable bonds is 4. The lowest BCUT2D eigenvalue weighted by Crippen LogP contribution is -2.54. The van der Waals surface area contributed by atoms with E-state index in [2.05, 4.69) is 33.4 Å². The van der Waals surface area contributed by atoms with E-state index >= 15 is 0 Å². The van der Waals surface area contributed by atoms with Crippen molar-refractivity contribution in [3.63, 3.8) is 0 Å². The molecule has 0 spiro atoms. The van der Waals surface area contributed by atoms with Crippen LogP contribution in [0.15, 0.2) is 46.0 Å². The maximum Gasteiger partial charge on any atom is 0.289 e. The van der Waals surface area contributed by atoms with Crippen molar-refractivity contribution >= 4 is 11.9 Å². The number of nitrogens with zero attached hydrogens (tertiary/aromatic N) is 3. The Bertz CT molecular complexity index is 839. The van der Waals surface area contributed by atoms with Gasteiger partial charge in [-0.1, -0.05) is 12.1 Å². The monoisotopic (exact) mass is 382 g/mol. The van der Waals surface area contributed by atoms with Gasteiger partial charge in [0, 0.05) is 46.2 Å². The number of ether oxygens (including phenoxy) is 1. The minimum Gasteiger partial charge on any atom is -0.493 e. The molecular formula is C21H26N4O3. The fraction of sp³-hybridized carbons (Fsp3) is 0.429. The first-order chi connectivity index (χ1) is 13.7. The van der Waals surface area contributed by atoms with Gasteiger partial charge in [0.1, 0.15) is 5.75 Å². The lowest BCUT2D eigenvalue weighted by atomic mass is 10.1. The van der Waals surface area contributed by atoms with Gasteiger partial charge in [-0.15, -0.1) is 0 Å². The van der Waals surface area contributed by atoms with Crippen LogP contribution in [0.3, 0.4) is 0 Å². The molecule has 0 aliphatic carbocycles. The van der Waals surface area contributed by atoms with Crippen molar-refractivity contribution in [1.82, 2.24) is 15.1 Å². The average molecular weight is 382 g/mol. The van der Waals surface area contributed by atoms with Crippen LogP contribution in [0.5, 0.6) is 5.75 Å². The summed E-state index contributed by atoms with van der Waals surface area (Å²) in [5.74, 6) is 2.26. The van der Waals surface area contributed by atoms with Gasteiger partial charge in [-0.2, -0.15) is 0 Å². The van der Waals surface area contributed by atoms with Crippen molar-refractivity contribution in [2.24, 2.45) is 4.99 Å². The standard InChI is InChI=1S/C21H26N4O3/c1-22-21(23-8-6-16-4-5-18-17(15-16)7-14-28-18)25-11-9-24(10-12-25)20(26)19-3-2-13-27-19/h2-5,13,15H,6-12,14H2,1H3,(H,22,23). The average Bonchev–Trinajstić information content (AvgIpc) is 3.42. The molecule has 0 bridgehead atoms. The molecule has 0 radical (unpaired) electrons. The number of benzene rings is 1. The molecule has 0 saturated carbocycles. The number of piperazine rings is 1. The Morgan fingerprint density at radius 3 is 2.75 bits per heavy atom. The van der Waals surface area contributed by atoms with Crippen molar-refractivity contribution in [2.45, 2.75) is 12.8 Å². The summed E-state index contributed by atoms with van der Waals surface area (Å²) in [5, 5.41) is 3.45. The van der Waals surface area contributed by atoms with Crippen LogP contribution in [0.4, 0.5) is 0 Å². The van der Waals surface area contributed by atoms with Crippen LogP contribution in [-0.2, 0) is 12.8 Å². The molecule has 7 heteroatoms. The number of fused-ring (bicyclic) bond motifs is 1. The van der Waals surface area contributed by atoms with Gasteiger partial charge in [0.15, 0.2) is 11.7 Å². The highest BCUT2D eigenvalue weighted by atomic mass is 16.5. The van der Waals surface area contributed by atoms with Crippen LogP contribution >= 0.6 is 0 Å². The zero-order valence-electron chi connectivity index (χ0n) is 16.2. The molecule has 7 nitrogen and oxygen atoms in total. The number of hydrogen-bond acceptors (Lipinski definition) is 4. The summed E-state index contributed by atoms with van der Waals surface area (Å²) < 4.78 is 10.8. The molecule has 1 saturated heterocycles. The molecule has 28 heavy (non-hydrogen) atoms. The van der Waals surface area contributed by atoms with Gasteiger partial charge in [-0.25, -0.2) is 0 Å². The van der Waals surface area contributed by atoms with Crippen molar-refractivity contribution < 1.29 is 13.9 Å². The molecular weight excluding hydrogens is 356 g/mol. The fourth-order valence-electron chi connectivity index (χ4n) is 3.72. The Morgan fingerprint density at radius 1 is 1.18 bits per heavy atom. The molecule has 2 aliphatic rings. The Hall–Kier alpha value is -2.96. The minimum absolute atomic E-state index is 0.0480. The second-order valence-electron chi connectivity index (χ2n) is 7.02. The van der Waals surface area contributed by atoms with E-state index in [1.807, 2.05) is 4.90 Å². The highest BCUT2D eigenvalue weighted by molar-refractivity contribution is 5.91. The highest BCUT2D eigenvalue weighted by Gasteiger charge is 2.25. The predicted octanol–water partition coefficient (Wildman–Crippen LogP) is 1.79. The number of nitrogens with one attached hydrogen (secondary N) is 1. The topological polar surface area (TPSA) is 70.3 Å². The molecule has 1 amide bonds. The maximum atomic E-state index is 12.4. The van der Waals surface area contributed by atoms with Crippen LogP contribution in [-0.4, -0.2) is 68.0 Å². The van der Waals surface area contributed by atoms with E-state index in [-0.39, 0.29) is 5.91 Å². The summed E-state index contributed by atoms with van der Waals surface area (Å²) in [5.41, 5.74) is 2.61. The molecule has 4 rings (SSSR count). The molecule has 0 atom stereocenters. The Balaban J connectivity index is 1.25. The summed E-state index contributed by atoms with van der Waals surface area (Å²) in [6.07, 6.45) is 3.46. The largest absolute Gasteiger partial charge is 0.493 e. The zero-order valence-corrected chi connectivity index (χ0v) is 16.2. The van der Waals surface area contributed by atoms with E-state index < -0.39 is 0 Å².